The van der Waals surface area contributed by atoms with E-state index < -0.39 is 23.7 Å². The fourth-order valence-corrected chi connectivity index (χ4v) is 1.31. The van der Waals surface area contributed by atoms with Crippen LogP contribution in [0, 0.1) is 17.0 Å². The number of nitrogens with one attached hydrogen (secondary N) is 1. The molecule has 0 fully saturated rings. The average Bonchev–Trinajstić information content (AvgIpc) is 2.27. The van der Waals surface area contributed by atoms with E-state index in [-0.39, 0.29) is 23.1 Å². The van der Waals surface area contributed by atoms with Crippen LogP contribution in [0.25, 0.3) is 0 Å². The first kappa shape index (κ1) is 14.1. The number of anilines is 2. The van der Waals surface area contributed by atoms with Crippen molar-refractivity contribution in [1.82, 2.24) is 9.97 Å². The van der Waals surface area contributed by atoms with Crippen molar-refractivity contribution in [3.05, 3.63) is 15.8 Å². The molecule has 0 amide bonds. The fraction of sp³-hybridized carbons (Fsp3) is 0.556. The lowest BCUT2D eigenvalue weighted by atomic mass is 10.1. The summed E-state index contributed by atoms with van der Waals surface area (Å²) in [5.74, 6) is -0.255. The molecule has 5 N–H and O–H groups in total. The summed E-state index contributed by atoms with van der Waals surface area (Å²) in [4.78, 5) is 17.7. The highest BCUT2D eigenvalue weighted by Crippen LogP contribution is 2.28. The van der Waals surface area contributed by atoms with Gasteiger partial charge in [0.05, 0.1) is 23.7 Å². The van der Waals surface area contributed by atoms with Gasteiger partial charge in [-0.15, -0.1) is 0 Å². The highest BCUT2D eigenvalue weighted by Gasteiger charge is 2.29. The Morgan fingerprint density at radius 3 is 2.44 bits per heavy atom. The zero-order valence-electron chi connectivity index (χ0n) is 10.0. The Morgan fingerprint density at radius 1 is 1.44 bits per heavy atom. The summed E-state index contributed by atoms with van der Waals surface area (Å²) in [7, 11) is 0. The molecule has 0 aromatic carbocycles. The van der Waals surface area contributed by atoms with Crippen LogP contribution in [-0.4, -0.2) is 43.9 Å². The van der Waals surface area contributed by atoms with Gasteiger partial charge in [-0.2, -0.15) is 4.98 Å². The van der Waals surface area contributed by atoms with Gasteiger partial charge in [0, 0.05) is 0 Å². The largest absolute Gasteiger partial charge is 0.394 e. The summed E-state index contributed by atoms with van der Waals surface area (Å²) in [5, 5.41) is 31.8. The summed E-state index contributed by atoms with van der Waals surface area (Å²) < 4.78 is 0. The molecule has 1 rings (SSSR count). The van der Waals surface area contributed by atoms with Crippen molar-refractivity contribution < 1.29 is 15.1 Å². The van der Waals surface area contributed by atoms with Crippen LogP contribution in [0.2, 0.25) is 0 Å². The summed E-state index contributed by atoms with van der Waals surface area (Å²) in [6, 6.07) is 0. The van der Waals surface area contributed by atoms with Crippen LogP contribution >= 0.6 is 0 Å². The Bertz CT molecular complexity index is 461. The Balaban J connectivity index is 3.27. The van der Waals surface area contributed by atoms with Gasteiger partial charge in [-0.05, 0) is 13.8 Å². The monoisotopic (exact) mass is 257 g/mol. The molecule has 1 aromatic rings. The van der Waals surface area contributed by atoms with Gasteiger partial charge in [0.1, 0.15) is 5.69 Å². The predicted molar refractivity (Wildman–Crippen MR) is 64.0 cm³/mol. The molecule has 0 saturated heterocycles. The fourth-order valence-electron chi connectivity index (χ4n) is 1.31. The molecule has 9 nitrogen and oxygen atoms in total. The first-order valence-corrected chi connectivity index (χ1v) is 5.11. The third-order valence-electron chi connectivity index (χ3n) is 2.38. The van der Waals surface area contributed by atoms with Gasteiger partial charge >= 0.3 is 5.69 Å². The van der Waals surface area contributed by atoms with Gasteiger partial charge in [0.15, 0.2) is 0 Å². The van der Waals surface area contributed by atoms with Crippen molar-refractivity contribution in [2.75, 3.05) is 24.3 Å². The molecule has 9 heteroatoms. The van der Waals surface area contributed by atoms with Crippen molar-refractivity contribution in [3.63, 3.8) is 0 Å². The van der Waals surface area contributed by atoms with E-state index in [1.165, 1.54) is 13.8 Å². The average molecular weight is 257 g/mol. The molecule has 0 unspecified atom stereocenters. The number of rotatable bonds is 5. The van der Waals surface area contributed by atoms with Gasteiger partial charge in [-0.1, -0.05) is 0 Å². The van der Waals surface area contributed by atoms with E-state index in [1.54, 1.807) is 0 Å². The zero-order chi connectivity index (χ0) is 13.9. The highest BCUT2D eigenvalue weighted by molar-refractivity contribution is 5.61. The van der Waals surface area contributed by atoms with Crippen LogP contribution in [0.15, 0.2) is 0 Å². The van der Waals surface area contributed by atoms with Crippen molar-refractivity contribution >= 4 is 17.5 Å². The molecule has 0 saturated carbocycles. The molecule has 0 aliphatic heterocycles. The third kappa shape index (κ3) is 2.81. The number of hydrogen-bond donors (Lipinski definition) is 4. The van der Waals surface area contributed by atoms with Gasteiger partial charge in [-0.25, -0.2) is 4.98 Å². The van der Waals surface area contributed by atoms with Gasteiger partial charge in [0.2, 0.25) is 11.8 Å². The second-order valence-electron chi connectivity index (χ2n) is 4.12. The van der Waals surface area contributed by atoms with Gasteiger partial charge in [0.25, 0.3) is 0 Å². The van der Waals surface area contributed by atoms with E-state index in [9.17, 15) is 10.1 Å². The number of nitrogen functional groups attached to an aromatic ring is 1. The number of aryl methyl sites for hydroxylation is 1. The quantitative estimate of drug-likeness (QED) is 0.405. The van der Waals surface area contributed by atoms with E-state index in [2.05, 4.69) is 15.3 Å². The summed E-state index contributed by atoms with van der Waals surface area (Å²) in [5.41, 5.74) is 4.05. The summed E-state index contributed by atoms with van der Waals surface area (Å²) in [6.45, 7) is 2.06. The predicted octanol–water partition coefficient (Wildman–Crippen LogP) is -0.569. The van der Waals surface area contributed by atoms with Crippen LogP contribution in [0.5, 0.6) is 0 Å². The number of aromatic nitrogens is 2. The summed E-state index contributed by atoms with van der Waals surface area (Å²) >= 11 is 0. The molecule has 0 aliphatic carbocycles. The number of nitro groups is 1. The molecular formula is C9H15N5O4. The Labute approximate surface area is 103 Å². The Morgan fingerprint density at radius 2 is 2.00 bits per heavy atom. The van der Waals surface area contributed by atoms with Crippen molar-refractivity contribution in [2.24, 2.45) is 0 Å². The molecule has 1 aromatic heterocycles. The number of hydrogen-bond acceptors (Lipinski definition) is 8. The Kier molecular flexibility index (Phi) is 3.99. The maximum Gasteiger partial charge on any atom is 0.332 e. The SMILES string of the molecule is Cc1nc(N)nc(NC(C)(CO)CO)c1[N+](=O)[O-]. The summed E-state index contributed by atoms with van der Waals surface area (Å²) in [6.07, 6.45) is 0. The second kappa shape index (κ2) is 5.10. The number of nitrogens with two attached hydrogens (primary N) is 1. The van der Waals surface area contributed by atoms with E-state index in [0.717, 1.165) is 0 Å². The van der Waals surface area contributed by atoms with Crippen LogP contribution in [-0.2, 0) is 0 Å². The number of aliphatic hydroxyl groups is 2. The molecule has 18 heavy (non-hydrogen) atoms. The first-order valence-electron chi connectivity index (χ1n) is 5.11. The first-order chi connectivity index (χ1) is 8.33. The van der Waals surface area contributed by atoms with Crippen LogP contribution in [0.4, 0.5) is 17.5 Å². The lowest BCUT2D eigenvalue weighted by Crippen LogP contribution is -2.43. The van der Waals surface area contributed by atoms with Crippen LogP contribution < -0.4 is 11.1 Å². The minimum atomic E-state index is -1.14. The number of aliphatic hydroxyl groups excluding tert-OH is 2. The molecule has 0 spiro atoms. The molecule has 0 atom stereocenters. The lowest BCUT2D eigenvalue weighted by molar-refractivity contribution is -0.385. The maximum absolute atomic E-state index is 10.9. The topological polar surface area (TPSA) is 147 Å². The Hall–Kier alpha value is -2.00. The van der Waals surface area contributed by atoms with Crippen LogP contribution in [0.3, 0.4) is 0 Å². The highest BCUT2D eigenvalue weighted by atomic mass is 16.6. The van der Waals surface area contributed by atoms with Gasteiger partial charge < -0.3 is 21.3 Å². The van der Waals surface area contributed by atoms with E-state index in [1.807, 2.05) is 0 Å². The molecule has 1 heterocycles. The standard InChI is InChI=1S/C9H15N5O4/c1-5-6(14(17)18)7(12-8(10)11-5)13-9(2,3-15)4-16/h15-16H,3-4H2,1-2H3,(H3,10,11,12,13). The third-order valence-corrected chi connectivity index (χ3v) is 2.38. The van der Waals surface area contributed by atoms with Gasteiger partial charge in [-0.3, -0.25) is 10.1 Å². The van der Waals surface area contributed by atoms with Crippen molar-refractivity contribution in [1.29, 1.82) is 0 Å². The van der Waals surface area contributed by atoms with Crippen LogP contribution in [0.1, 0.15) is 12.6 Å². The van der Waals surface area contributed by atoms with Crippen molar-refractivity contribution in [3.8, 4) is 0 Å². The van der Waals surface area contributed by atoms with E-state index in [4.69, 9.17) is 15.9 Å². The van der Waals surface area contributed by atoms with E-state index >= 15 is 0 Å². The molecule has 0 radical (unpaired) electrons. The lowest BCUT2D eigenvalue weighted by Gasteiger charge is -2.26. The molecule has 100 valence electrons. The minimum absolute atomic E-state index is 0.105. The normalized spacial score (nSPS) is 11.3. The number of nitrogens with zero attached hydrogens (tertiary/aromatic N) is 3. The molecular weight excluding hydrogens is 242 g/mol. The minimum Gasteiger partial charge on any atom is -0.394 e. The maximum atomic E-state index is 10.9. The van der Waals surface area contributed by atoms with E-state index in [0.29, 0.717) is 0 Å². The second-order valence-corrected chi connectivity index (χ2v) is 4.12. The van der Waals surface area contributed by atoms with Crippen molar-refractivity contribution in [2.45, 2.75) is 19.4 Å². The molecule has 0 aliphatic rings. The smallest absolute Gasteiger partial charge is 0.332 e. The zero-order valence-corrected chi connectivity index (χ0v) is 10.0. The molecule has 0 bridgehead atoms.